The lowest BCUT2D eigenvalue weighted by molar-refractivity contribution is 0.587. The van der Waals surface area contributed by atoms with E-state index in [0.717, 1.165) is 22.3 Å². The van der Waals surface area contributed by atoms with Gasteiger partial charge in [-0.25, -0.2) is 23.4 Å². The molecule has 0 atom stereocenters. The van der Waals surface area contributed by atoms with E-state index in [2.05, 4.69) is 25.3 Å². The average molecular weight is 393 g/mol. The van der Waals surface area contributed by atoms with Gasteiger partial charge in [-0.15, -0.1) is 0 Å². The molecule has 2 N–H and O–H groups in total. The molecule has 4 aromatic rings. The third-order valence-electron chi connectivity index (χ3n) is 4.41. The number of rotatable bonds is 5. The van der Waals surface area contributed by atoms with Gasteiger partial charge in [-0.05, 0) is 50.2 Å². The van der Waals surface area contributed by atoms with Gasteiger partial charge < -0.3 is 10.3 Å². The summed E-state index contributed by atoms with van der Waals surface area (Å²) in [5, 5.41) is 2.60. The summed E-state index contributed by atoms with van der Waals surface area (Å²) in [5.41, 5.74) is 4.11. The molecule has 8 heteroatoms. The fraction of sp³-hybridized carbons (Fsp3) is 0.150. The number of sulfone groups is 1. The number of anilines is 2. The van der Waals surface area contributed by atoms with Gasteiger partial charge in [0.05, 0.1) is 33.2 Å². The molecule has 0 radical (unpaired) electrons. The second-order valence-corrected chi connectivity index (χ2v) is 9.15. The number of fused-ring (bicyclic) bond motifs is 1. The van der Waals surface area contributed by atoms with Crippen molar-refractivity contribution in [1.82, 2.24) is 19.9 Å². The Morgan fingerprint density at radius 1 is 1.04 bits per heavy atom. The smallest absolute Gasteiger partial charge is 0.227 e. The van der Waals surface area contributed by atoms with E-state index in [1.807, 2.05) is 24.3 Å². The summed E-state index contributed by atoms with van der Waals surface area (Å²) in [6.07, 6.45) is 3.32. The zero-order valence-electron chi connectivity index (χ0n) is 15.4. The number of aromatic nitrogens is 4. The quantitative estimate of drug-likeness (QED) is 0.532. The topological polar surface area (TPSA) is 101 Å². The van der Waals surface area contributed by atoms with Crippen molar-refractivity contribution in [1.29, 1.82) is 0 Å². The van der Waals surface area contributed by atoms with Crippen LogP contribution in [-0.2, 0) is 9.84 Å². The number of aromatic amines is 1. The van der Waals surface area contributed by atoms with E-state index in [1.54, 1.807) is 50.6 Å². The molecular formula is C20H19N5O2S. The molecule has 28 heavy (non-hydrogen) atoms. The third kappa shape index (κ3) is 3.46. The van der Waals surface area contributed by atoms with Crippen molar-refractivity contribution in [3.63, 3.8) is 0 Å². The summed E-state index contributed by atoms with van der Waals surface area (Å²) in [7, 11) is -3.35. The summed E-state index contributed by atoms with van der Waals surface area (Å²) in [4.78, 5) is 16.4. The van der Waals surface area contributed by atoms with Crippen LogP contribution in [0.25, 0.3) is 22.3 Å². The minimum atomic E-state index is -3.35. The van der Waals surface area contributed by atoms with Gasteiger partial charge in [0.25, 0.3) is 0 Å². The molecule has 4 rings (SSSR count). The minimum absolute atomic E-state index is 0.272. The maximum absolute atomic E-state index is 12.4. The average Bonchev–Trinajstić information content (AvgIpc) is 3.16. The number of hydrogen-bond donors (Lipinski definition) is 2. The number of hydrogen-bond acceptors (Lipinski definition) is 6. The molecular weight excluding hydrogens is 374 g/mol. The summed E-state index contributed by atoms with van der Waals surface area (Å²) < 4.78 is 24.8. The molecule has 142 valence electrons. The molecule has 7 nitrogen and oxygen atoms in total. The van der Waals surface area contributed by atoms with Gasteiger partial charge in [0.15, 0.2) is 9.84 Å². The van der Waals surface area contributed by atoms with Crippen molar-refractivity contribution >= 4 is 32.5 Å². The molecule has 2 aromatic heterocycles. The molecule has 0 fully saturated rings. The molecule has 0 bridgehead atoms. The van der Waals surface area contributed by atoms with E-state index < -0.39 is 15.1 Å². The van der Waals surface area contributed by atoms with Crippen molar-refractivity contribution in [2.45, 2.75) is 24.0 Å². The highest BCUT2D eigenvalue weighted by molar-refractivity contribution is 7.92. The lowest BCUT2D eigenvalue weighted by Gasteiger charge is -2.11. The molecule has 0 aliphatic carbocycles. The van der Waals surface area contributed by atoms with Crippen LogP contribution in [0.5, 0.6) is 0 Å². The number of benzene rings is 2. The van der Waals surface area contributed by atoms with Crippen LogP contribution in [0.2, 0.25) is 0 Å². The fourth-order valence-corrected chi connectivity index (χ4v) is 3.93. The van der Waals surface area contributed by atoms with Gasteiger partial charge in [-0.2, -0.15) is 0 Å². The standard InChI is InChI=1S/C20H19N5O2S/c1-13(2)28(26,27)16-5-3-4-15(11-16)24-20-21-9-8-17(25-20)14-6-7-18-19(10-14)23-12-22-18/h3-13H,1-2H3,(H,22,23)(H,21,24,25). The Hall–Kier alpha value is -3.26. The summed E-state index contributed by atoms with van der Waals surface area (Å²) >= 11 is 0. The Balaban J connectivity index is 1.64. The Morgan fingerprint density at radius 3 is 2.71 bits per heavy atom. The van der Waals surface area contributed by atoms with Crippen LogP contribution in [0.4, 0.5) is 11.6 Å². The van der Waals surface area contributed by atoms with E-state index in [4.69, 9.17) is 0 Å². The van der Waals surface area contributed by atoms with Gasteiger partial charge in [0.2, 0.25) is 5.95 Å². The van der Waals surface area contributed by atoms with Gasteiger partial charge in [0, 0.05) is 17.4 Å². The van der Waals surface area contributed by atoms with E-state index >= 15 is 0 Å². The SMILES string of the molecule is CC(C)S(=O)(=O)c1cccc(Nc2nccc(-c3ccc4nc[nH]c4c3)n2)c1. The van der Waals surface area contributed by atoms with Crippen molar-refractivity contribution in [2.24, 2.45) is 0 Å². The van der Waals surface area contributed by atoms with E-state index in [0.29, 0.717) is 11.6 Å². The fourth-order valence-electron chi connectivity index (χ4n) is 2.83. The van der Waals surface area contributed by atoms with Crippen LogP contribution < -0.4 is 5.32 Å². The molecule has 0 aliphatic heterocycles. The minimum Gasteiger partial charge on any atom is -0.345 e. The highest BCUT2D eigenvalue weighted by Gasteiger charge is 2.19. The lowest BCUT2D eigenvalue weighted by atomic mass is 10.1. The largest absolute Gasteiger partial charge is 0.345 e. The van der Waals surface area contributed by atoms with Gasteiger partial charge >= 0.3 is 0 Å². The highest BCUT2D eigenvalue weighted by Crippen LogP contribution is 2.24. The molecule has 0 spiro atoms. The van der Waals surface area contributed by atoms with Crippen LogP contribution in [-0.4, -0.2) is 33.6 Å². The van der Waals surface area contributed by atoms with Crippen LogP contribution >= 0.6 is 0 Å². The van der Waals surface area contributed by atoms with E-state index in [-0.39, 0.29) is 4.90 Å². The first-order valence-electron chi connectivity index (χ1n) is 8.81. The zero-order valence-corrected chi connectivity index (χ0v) is 16.2. The van der Waals surface area contributed by atoms with E-state index in [1.165, 1.54) is 0 Å². The molecule has 0 unspecified atom stereocenters. The van der Waals surface area contributed by atoms with Gasteiger partial charge in [0.1, 0.15) is 0 Å². The summed E-state index contributed by atoms with van der Waals surface area (Å²) in [5.74, 6) is 0.390. The lowest BCUT2D eigenvalue weighted by Crippen LogP contribution is -2.14. The predicted molar refractivity (Wildman–Crippen MR) is 109 cm³/mol. The van der Waals surface area contributed by atoms with Gasteiger partial charge in [-0.1, -0.05) is 12.1 Å². The first kappa shape index (κ1) is 18.1. The summed E-state index contributed by atoms with van der Waals surface area (Å²) in [6, 6.07) is 14.4. The number of imidazole rings is 1. The Kier molecular flexibility index (Phi) is 4.56. The second kappa shape index (κ2) is 7.05. The highest BCUT2D eigenvalue weighted by atomic mass is 32.2. The first-order chi connectivity index (χ1) is 13.4. The molecule has 2 aromatic carbocycles. The second-order valence-electron chi connectivity index (χ2n) is 6.65. The van der Waals surface area contributed by atoms with Crippen LogP contribution in [0.15, 0.2) is 66.0 Å². The third-order valence-corrected chi connectivity index (χ3v) is 6.56. The molecule has 0 aliphatic rings. The first-order valence-corrected chi connectivity index (χ1v) is 10.4. The molecule has 0 saturated heterocycles. The van der Waals surface area contributed by atoms with Crippen molar-refractivity contribution in [3.8, 4) is 11.3 Å². The van der Waals surface area contributed by atoms with Gasteiger partial charge in [-0.3, -0.25) is 0 Å². The molecule has 0 amide bonds. The maximum Gasteiger partial charge on any atom is 0.227 e. The van der Waals surface area contributed by atoms with Crippen molar-refractivity contribution < 1.29 is 8.42 Å². The van der Waals surface area contributed by atoms with Crippen molar-refractivity contribution in [3.05, 3.63) is 61.1 Å². The zero-order chi connectivity index (χ0) is 19.7. The normalized spacial score (nSPS) is 11.8. The molecule has 2 heterocycles. The van der Waals surface area contributed by atoms with E-state index in [9.17, 15) is 8.42 Å². The monoisotopic (exact) mass is 393 g/mol. The van der Waals surface area contributed by atoms with Crippen molar-refractivity contribution in [2.75, 3.05) is 5.32 Å². The van der Waals surface area contributed by atoms with Crippen LogP contribution in [0, 0.1) is 0 Å². The van der Waals surface area contributed by atoms with Crippen LogP contribution in [0.3, 0.4) is 0 Å². The summed E-state index contributed by atoms with van der Waals surface area (Å²) in [6.45, 7) is 3.33. The maximum atomic E-state index is 12.4. The van der Waals surface area contributed by atoms with Crippen LogP contribution in [0.1, 0.15) is 13.8 Å². The number of H-pyrrole nitrogens is 1. The Morgan fingerprint density at radius 2 is 1.89 bits per heavy atom. The Labute approximate surface area is 162 Å². The number of nitrogens with one attached hydrogen (secondary N) is 2. The number of nitrogens with zero attached hydrogens (tertiary/aromatic N) is 3. The Bertz CT molecular complexity index is 1250. The predicted octanol–water partition coefficient (Wildman–Crippen LogP) is 3.95. The molecule has 0 saturated carbocycles.